The summed E-state index contributed by atoms with van der Waals surface area (Å²) in [4.78, 5) is 62.0. The third kappa shape index (κ3) is 8.65. The van der Waals surface area contributed by atoms with Gasteiger partial charge in [-0.3, -0.25) is 9.59 Å². The van der Waals surface area contributed by atoms with Crippen molar-refractivity contribution >= 4 is 24.0 Å². The molecule has 6 unspecified atom stereocenters. The molecule has 3 rings (SSSR count). The van der Waals surface area contributed by atoms with Gasteiger partial charge in [0, 0.05) is 31.0 Å². The normalized spacial score (nSPS) is 24.4. The van der Waals surface area contributed by atoms with Gasteiger partial charge in [0.15, 0.2) is 5.78 Å². The molecule has 1 saturated carbocycles. The van der Waals surface area contributed by atoms with E-state index < -0.39 is 47.2 Å². The standard InChI is InChI=1S/C32H52N6O6/c1-19(2)26(39)25-21(4)23(18-38(25)28(40)27(32(5,6)7)36-31(42)43)44-30-35-24(15-16-33)34-29(41)37(30)17-10-8-9-13-22-14-11-12-20(22)3/h16,19-23,25,27,33,36H,8-15,17-18H2,1-7H3,(H,42,43). The van der Waals surface area contributed by atoms with Gasteiger partial charge in [-0.15, -0.1) is 0 Å². The molecule has 1 aromatic heterocycles. The van der Waals surface area contributed by atoms with E-state index in [1.54, 1.807) is 34.6 Å². The lowest BCUT2D eigenvalue weighted by molar-refractivity contribution is -0.143. The highest BCUT2D eigenvalue weighted by molar-refractivity contribution is 5.94. The van der Waals surface area contributed by atoms with Crippen LogP contribution in [0.5, 0.6) is 6.01 Å². The van der Waals surface area contributed by atoms with Crippen LogP contribution in [-0.4, -0.2) is 73.3 Å². The van der Waals surface area contributed by atoms with Gasteiger partial charge in [-0.25, -0.2) is 14.2 Å². The molecule has 2 aliphatic rings. The zero-order chi connectivity index (χ0) is 32.8. The van der Waals surface area contributed by atoms with Crippen LogP contribution in [0.1, 0.15) is 99.2 Å². The molecule has 2 fully saturated rings. The average Bonchev–Trinajstić information content (AvgIpc) is 3.49. The van der Waals surface area contributed by atoms with E-state index in [1.165, 1.54) is 35.2 Å². The van der Waals surface area contributed by atoms with E-state index in [2.05, 4.69) is 22.2 Å². The number of nitrogens with one attached hydrogen (secondary N) is 2. The highest BCUT2D eigenvalue weighted by Crippen LogP contribution is 2.35. The Morgan fingerprint density at radius 3 is 2.41 bits per heavy atom. The van der Waals surface area contributed by atoms with E-state index in [0.717, 1.165) is 37.3 Å². The molecule has 2 amide bonds. The molecular weight excluding hydrogens is 564 g/mol. The molecule has 6 atom stereocenters. The maximum Gasteiger partial charge on any atom is 0.405 e. The number of ketones is 1. The second-order valence-corrected chi connectivity index (χ2v) is 14.0. The molecule has 44 heavy (non-hydrogen) atoms. The minimum Gasteiger partial charge on any atom is -0.465 e. The minimum absolute atomic E-state index is 0.0225. The number of carboxylic acid groups (broad SMARTS) is 1. The maximum atomic E-state index is 13.9. The smallest absolute Gasteiger partial charge is 0.405 e. The van der Waals surface area contributed by atoms with Gasteiger partial charge in [0.1, 0.15) is 18.0 Å². The van der Waals surface area contributed by atoms with Crippen molar-refractivity contribution in [2.24, 2.45) is 29.1 Å². The van der Waals surface area contributed by atoms with Gasteiger partial charge in [0.2, 0.25) is 5.91 Å². The molecule has 1 saturated heterocycles. The predicted molar refractivity (Wildman–Crippen MR) is 167 cm³/mol. The summed E-state index contributed by atoms with van der Waals surface area (Å²) in [6.07, 6.45) is 7.05. The van der Waals surface area contributed by atoms with Crippen LogP contribution in [0.15, 0.2) is 4.79 Å². The van der Waals surface area contributed by atoms with Crippen molar-refractivity contribution in [1.82, 2.24) is 24.8 Å². The number of aromatic nitrogens is 3. The topological polar surface area (TPSA) is 168 Å². The third-order valence-electron chi connectivity index (χ3n) is 9.27. The number of ether oxygens (including phenoxy) is 1. The zero-order valence-corrected chi connectivity index (χ0v) is 27.5. The average molecular weight is 617 g/mol. The molecule has 2 heterocycles. The van der Waals surface area contributed by atoms with E-state index in [-0.39, 0.29) is 36.5 Å². The Labute approximate surface area is 260 Å². The van der Waals surface area contributed by atoms with Gasteiger partial charge in [-0.05, 0) is 23.7 Å². The lowest BCUT2D eigenvalue weighted by Crippen LogP contribution is -2.57. The SMILES string of the molecule is CC(C)C(=O)C1C(C)C(Oc2nc(CC=N)nc(=O)n2CCCCCC2CCCC2C)CN1C(=O)C(NC(=O)O)C(C)(C)C. The first-order chi connectivity index (χ1) is 20.6. The number of likely N-dealkylation sites (tertiary alicyclic amines) is 1. The second-order valence-electron chi connectivity index (χ2n) is 14.0. The first kappa shape index (κ1) is 35.2. The molecule has 0 aromatic carbocycles. The molecule has 0 spiro atoms. The molecule has 12 heteroatoms. The first-order valence-electron chi connectivity index (χ1n) is 16.1. The fraction of sp³-hybridized carbons (Fsp3) is 0.781. The summed E-state index contributed by atoms with van der Waals surface area (Å²) in [5, 5.41) is 19.3. The monoisotopic (exact) mass is 616 g/mol. The molecule has 1 aromatic rings. The zero-order valence-electron chi connectivity index (χ0n) is 27.5. The third-order valence-corrected chi connectivity index (χ3v) is 9.27. The Morgan fingerprint density at radius 2 is 1.84 bits per heavy atom. The van der Waals surface area contributed by atoms with Crippen LogP contribution in [0.4, 0.5) is 4.79 Å². The van der Waals surface area contributed by atoms with Crippen LogP contribution in [-0.2, 0) is 22.6 Å². The molecule has 246 valence electrons. The van der Waals surface area contributed by atoms with Crippen LogP contribution in [0, 0.1) is 34.5 Å². The molecular formula is C32H52N6O6. The Kier molecular flexibility index (Phi) is 12.1. The van der Waals surface area contributed by atoms with Crippen LogP contribution in [0.2, 0.25) is 0 Å². The van der Waals surface area contributed by atoms with Crippen LogP contribution in [0.3, 0.4) is 0 Å². The fourth-order valence-corrected chi connectivity index (χ4v) is 6.58. The van der Waals surface area contributed by atoms with Gasteiger partial charge in [0.05, 0.1) is 12.6 Å². The van der Waals surface area contributed by atoms with Crippen molar-refractivity contribution in [1.29, 1.82) is 5.41 Å². The Morgan fingerprint density at radius 1 is 1.14 bits per heavy atom. The lowest BCUT2D eigenvalue weighted by Gasteiger charge is -2.35. The van der Waals surface area contributed by atoms with Crippen molar-refractivity contribution in [3.63, 3.8) is 0 Å². The molecule has 3 N–H and O–H groups in total. The highest BCUT2D eigenvalue weighted by Gasteiger charge is 2.50. The van der Waals surface area contributed by atoms with E-state index in [4.69, 9.17) is 10.1 Å². The largest absolute Gasteiger partial charge is 0.465 e. The number of carbonyl (C=O) groups is 3. The summed E-state index contributed by atoms with van der Waals surface area (Å²) < 4.78 is 7.79. The maximum absolute atomic E-state index is 13.9. The number of amides is 2. The number of Topliss-reactive ketones (excluding diaryl/α,β-unsaturated/α-hetero) is 1. The van der Waals surface area contributed by atoms with E-state index in [9.17, 15) is 24.3 Å². The van der Waals surface area contributed by atoms with Crippen molar-refractivity contribution in [2.45, 2.75) is 125 Å². The van der Waals surface area contributed by atoms with E-state index >= 15 is 0 Å². The first-order valence-corrected chi connectivity index (χ1v) is 16.1. The van der Waals surface area contributed by atoms with Crippen LogP contribution >= 0.6 is 0 Å². The Bertz CT molecular complexity index is 1240. The summed E-state index contributed by atoms with van der Waals surface area (Å²) in [5.41, 5.74) is -1.27. The summed E-state index contributed by atoms with van der Waals surface area (Å²) in [5.74, 6) is 0.229. The van der Waals surface area contributed by atoms with Crippen LogP contribution in [0.25, 0.3) is 0 Å². The van der Waals surface area contributed by atoms with Crippen molar-refractivity contribution in [2.75, 3.05) is 6.54 Å². The van der Waals surface area contributed by atoms with Gasteiger partial charge in [-0.1, -0.05) is 87.0 Å². The number of nitrogens with zero attached hydrogens (tertiary/aromatic N) is 4. The predicted octanol–water partition coefficient (Wildman–Crippen LogP) is 4.33. The van der Waals surface area contributed by atoms with E-state index in [0.29, 0.717) is 6.54 Å². The summed E-state index contributed by atoms with van der Waals surface area (Å²) in [7, 11) is 0. The van der Waals surface area contributed by atoms with Crippen LogP contribution < -0.4 is 15.7 Å². The number of rotatable bonds is 14. The molecule has 0 bridgehead atoms. The number of unbranched alkanes of at least 4 members (excludes halogenated alkanes) is 2. The van der Waals surface area contributed by atoms with Crippen molar-refractivity contribution in [3.8, 4) is 6.01 Å². The minimum atomic E-state index is -1.33. The van der Waals surface area contributed by atoms with Crippen molar-refractivity contribution in [3.05, 3.63) is 16.3 Å². The Balaban J connectivity index is 1.86. The van der Waals surface area contributed by atoms with Crippen molar-refractivity contribution < 1.29 is 24.2 Å². The molecule has 12 nitrogen and oxygen atoms in total. The van der Waals surface area contributed by atoms with Gasteiger partial charge < -0.3 is 25.5 Å². The highest BCUT2D eigenvalue weighted by atomic mass is 16.5. The number of hydrogen-bond acceptors (Lipinski definition) is 8. The van der Waals surface area contributed by atoms with Gasteiger partial charge >= 0.3 is 17.8 Å². The number of hydrogen-bond donors (Lipinski definition) is 3. The van der Waals surface area contributed by atoms with E-state index in [1.807, 2.05) is 6.92 Å². The number of carbonyl (C=O) groups excluding carboxylic acids is 2. The Hall–Kier alpha value is -3.31. The van der Waals surface area contributed by atoms with Gasteiger partial charge in [0.25, 0.3) is 0 Å². The summed E-state index contributed by atoms with van der Waals surface area (Å²) in [6.45, 7) is 13.4. The van der Waals surface area contributed by atoms with Gasteiger partial charge in [-0.2, -0.15) is 9.97 Å². The quantitative estimate of drug-likeness (QED) is 0.205. The molecule has 1 aliphatic carbocycles. The molecule has 0 radical (unpaired) electrons. The fourth-order valence-electron chi connectivity index (χ4n) is 6.58. The second kappa shape index (κ2) is 15.1. The molecule has 1 aliphatic heterocycles. The summed E-state index contributed by atoms with van der Waals surface area (Å²) >= 11 is 0. The summed E-state index contributed by atoms with van der Waals surface area (Å²) in [6, 6.07) is -1.87. The lowest BCUT2D eigenvalue weighted by atomic mass is 9.85.